The number of carbonyl (C=O) groups is 1. The van der Waals surface area contributed by atoms with Gasteiger partial charge < -0.3 is 10.2 Å². The highest BCUT2D eigenvalue weighted by Gasteiger charge is 2.42. The first-order valence-electron chi connectivity index (χ1n) is 6.79. The Morgan fingerprint density at radius 2 is 1.82 bits per heavy atom. The summed E-state index contributed by atoms with van der Waals surface area (Å²) in [6, 6.07) is 0. The highest BCUT2D eigenvalue weighted by molar-refractivity contribution is 5.85. The minimum atomic E-state index is 0. The maximum atomic E-state index is 12.1. The highest BCUT2D eigenvalue weighted by Crippen LogP contribution is 2.43. The lowest BCUT2D eigenvalue weighted by atomic mass is 9.73. The molecule has 0 aromatic heterocycles. The predicted octanol–water partition coefficient (Wildman–Crippen LogP) is 1.81. The van der Waals surface area contributed by atoms with E-state index in [2.05, 4.69) is 10.2 Å². The Morgan fingerprint density at radius 1 is 1.12 bits per heavy atom. The third kappa shape index (κ3) is 2.45. The van der Waals surface area contributed by atoms with Crippen LogP contribution in [-0.2, 0) is 4.79 Å². The van der Waals surface area contributed by atoms with Crippen molar-refractivity contribution in [3.8, 4) is 0 Å². The van der Waals surface area contributed by atoms with Gasteiger partial charge in [-0.3, -0.25) is 4.79 Å². The van der Waals surface area contributed by atoms with E-state index in [0.29, 0.717) is 17.2 Å². The Labute approximate surface area is 110 Å². The maximum Gasteiger partial charge on any atom is 0.228 e. The summed E-state index contributed by atoms with van der Waals surface area (Å²) in [6.07, 6.45) is 8.15. The molecule has 3 fully saturated rings. The van der Waals surface area contributed by atoms with Crippen molar-refractivity contribution in [2.75, 3.05) is 26.2 Å². The van der Waals surface area contributed by atoms with Gasteiger partial charge in [-0.15, -0.1) is 12.4 Å². The third-order valence-electron chi connectivity index (χ3n) is 4.79. The summed E-state index contributed by atoms with van der Waals surface area (Å²) in [5.41, 5.74) is 0.519. The van der Waals surface area contributed by atoms with Crippen molar-refractivity contribution in [1.29, 1.82) is 0 Å². The van der Waals surface area contributed by atoms with Crippen molar-refractivity contribution >= 4 is 18.3 Å². The average Bonchev–Trinajstić information content (AvgIpc) is 2.61. The van der Waals surface area contributed by atoms with Gasteiger partial charge in [-0.2, -0.15) is 0 Å². The van der Waals surface area contributed by atoms with Crippen molar-refractivity contribution in [1.82, 2.24) is 10.2 Å². The Morgan fingerprint density at radius 3 is 2.41 bits per heavy atom. The van der Waals surface area contributed by atoms with E-state index in [-0.39, 0.29) is 12.4 Å². The lowest BCUT2D eigenvalue weighted by Crippen LogP contribution is -2.51. The number of carbonyl (C=O) groups excluding carboxylic acids is 1. The molecule has 1 amide bonds. The average molecular weight is 259 g/mol. The molecule has 4 heteroatoms. The van der Waals surface area contributed by atoms with Crippen LogP contribution in [-0.4, -0.2) is 37.0 Å². The van der Waals surface area contributed by atoms with Crippen LogP contribution in [0.25, 0.3) is 0 Å². The fourth-order valence-corrected chi connectivity index (χ4v) is 3.55. The molecule has 1 saturated carbocycles. The second kappa shape index (κ2) is 5.15. The number of hydrogen-bond acceptors (Lipinski definition) is 2. The molecule has 0 aromatic rings. The third-order valence-corrected chi connectivity index (χ3v) is 4.79. The zero-order valence-electron chi connectivity index (χ0n) is 10.4. The number of rotatable bonds is 1. The number of nitrogens with one attached hydrogen (secondary N) is 1. The number of halogens is 1. The van der Waals surface area contributed by atoms with E-state index in [9.17, 15) is 4.79 Å². The summed E-state index contributed by atoms with van der Waals surface area (Å²) >= 11 is 0. The Hall–Kier alpha value is -0.280. The first-order chi connectivity index (χ1) is 7.79. The van der Waals surface area contributed by atoms with Gasteiger partial charge in [-0.1, -0.05) is 19.3 Å². The van der Waals surface area contributed by atoms with Crippen LogP contribution in [0.15, 0.2) is 0 Å². The molecular weight excluding hydrogens is 236 g/mol. The topological polar surface area (TPSA) is 32.3 Å². The Bertz CT molecular complexity index is 285. The quantitative estimate of drug-likeness (QED) is 0.778. The molecule has 0 unspecified atom stereocenters. The minimum absolute atomic E-state index is 0. The van der Waals surface area contributed by atoms with Crippen LogP contribution in [0.1, 0.15) is 38.5 Å². The maximum absolute atomic E-state index is 12.1. The summed E-state index contributed by atoms with van der Waals surface area (Å²) in [5, 5.41) is 3.19. The minimum Gasteiger partial charge on any atom is -0.342 e. The predicted molar refractivity (Wildman–Crippen MR) is 70.3 cm³/mol. The van der Waals surface area contributed by atoms with Crippen LogP contribution < -0.4 is 5.32 Å². The largest absolute Gasteiger partial charge is 0.342 e. The molecule has 3 rings (SSSR count). The molecule has 3 nitrogen and oxygen atoms in total. The second-order valence-corrected chi connectivity index (χ2v) is 5.93. The van der Waals surface area contributed by atoms with Gasteiger partial charge in [0.15, 0.2) is 0 Å². The van der Waals surface area contributed by atoms with Crippen LogP contribution in [0.5, 0.6) is 0 Å². The van der Waals surface area contributed by atoms with Crippen molar-refractivity contribution in [3.05, 3.63) is 0 Å². The van der Waals surface area contributed by atoms with Gasteiger partial charge in [0.05, 0.1) is 5.92 Å². The van der Waals surface area contributed by atoms with E-state index in [1.165, 1.54) is 38.5 Å². The van der Waals surface area contributed by atoms with E-state index in [1.807, 2.05) is 0 Å². The Balaban J connectivity index is 0.00000108. The lowest BCUT2D eigenvalue weighted by molar-refractivity contribution is -0.136. The van der Waals surface area contributed by atoms with Gasteiger partial charge in [0.1, 0.15) is 0 Å². The molecule has 2 saturated heterocycles. The summed E-state index contributed by atoms with van der Waals surface area (Å²) in [6.45, 7) is 3.89. The molecule has 2 heterocycles. The molecule has 0 atom stereocenters. The van der Waals surface area contributed by atoms with Crippen LogP contribution in [0.3, 0.4) is 0 Å². The molecule has 0 aromatic carbocycles. The van der Waals surface area contributed by atoms with Crippen LogP contribution >= 0.6 is 12.4 Å². The monoisotopic (exact) mass is 258 g/mol. The lowest BCUT2D eigenvalue weighted by Gasteiger charge is -2.35. The van der Waals surface area contributed by atoms with E-state index < -0.39 is 0 Å². The number of nitrogens with zero attached hydrogens (tertiary/aromatic N) is 1. The molecule has 2 aliphatic heterocycles. The SMILES string of the molecule is Cl.O=C(C1CNC1)N1CCC2(CCCCC2)C1. The molecular formula is C13H23ClN2O. The summed E-state index contributed by atoms with van der Waals surface area (Å²) in [7, 11) is 0. The van der Waals surface area contributed by atoms with Crippen molar-refractivity contribution < 1.29 is 4.79 Å². The first kappa shape index (κ1) is 13.2. The van der Waals surface area contributed by atoms with Crippen LogP contribution in [0.2, 0.25) is 0 Å². The fraction of sp³-hybridized carbons (Fsp3) is 0.923. The van der Waals surface area contributed by atoms with E-state index >= 15 is 0 Å². The summed E-state index contributed by atoms with van der Waals surface area (Å²) < 4.78 is 0. The molecule has 3 aliphatic rings. The molecule has 1 spiro atoms. The molecule has 1 aliphatic carbocycles. The zero-order valence-corrected chi connectivity index (χ0v) is 11.2. The van der Waals surface area contributed by atoms with Crippen LogP contribution in [0, 0.1) is 11.3 Å². The molecule has 17 heavy (non-hydrogen) atoms. The standard InChI is InChI=1S/C13H22N2O.ClH/c16-12(11-8-14-9-11)15-7-6-13(10-15)4-2-1-3-5-13;/h11,14H,1-10H2;1H. The number of likely N-dealkylation sites (tertiary alicyclic amines) is 1. The van der Waals surface area contributed by atoms with Crippen molar-refractivity contribution in [2.45, 2.75) is 38.5 Å². The highest BCUT2D eigenvalue weighted by atomic mass is 35.5. The summed E-state index contributed by atoms with van der Waals surface area (Å²) in [4.78, 5) is 14.3. The zero-order chi connectivity index (χ0) is 11.0. The second-order valence-electron chi connectivity index (χ2n) is 5.93. The molecule has 0 radical (unpaired) electrons. The van der Waals surface area contributed by atoms with E-state index in [4.69, 9.17) is 0 Å². The fourth-order valence-electron chi connectivity index (χ4n) is 3.55. The van der Waals surface area contributed by atoms with Gasteiger partial charge in [0, 0.05) is 26.2 Å². The molecule has 98 valence electrons. The van der Waals surface area contributed by atoms with Crippen LogP contribution in [0.4, 0.5) is 0 Å². The van der Waals surface area contributed by atoms with Gasteiger partial charge in [0.25, 0.3) is 0 Å². The summed E-state index contributed by atoms with van der Waals surface area (Å²) in [5.74, 6) is 0.708. The van der Waals surface area contributed by atoms with Gasteiger partial charge >= 0.3 is 0 Å². The normalized spacial score (nSPS) is 27.6. The van der Waals surface area contributed by atoms with Gasteiger partial charge in [-0.05, 0) is 24.7 Å². The van der Waals surface area contributed by atoms with Gasteiger partial charge in [0.2, 0.25) is 5.91 Å². The van der Waals surface area contributed by atoms with E-state index in [1.54, 1.807) is 0 Å². The smallest absolute Gasteiger partial charge is 0.228 e. The van der Waals surface area contributed by atoms with Crippen molar-refractivity contribution in [3.63, 3.8) is 0 Å². The molecule has 1 N–H and O–H groups in total. The van der Waals surface area contributed by atoms with Gasteiger partial charge in [-0.25, -0.2) is 0 Å². The first-order valence-corrected chi connectivity index (χ1v) is 6.79. The van der Waals surface area contributed by atoms with E-state index in [0.717, 1.165) is 26.2 Å². The van der Waals surface area contributed by atoms with Crippen molar-refractivity contribution in [2.24, 2.45) is 11.3 Å². The Kier molecular flexibility index (Phi) is 3.99. The number of hydrogen-bond donors (Lipinski definition) is 1. The molecule has 0 bridgehead atoms. The number of amides is 1.